The second-order valence-electron chi connectivity index (χ2n) is 6.15. The van der Waals surface area contributed by atoms with Gasteiger partial charge in [0, 0.05) is 5.69 Å². The van der Waals surface area contributed by atoms with Crippen molar-refractivity contribution in [2.24, 2.45) is 0 Å². The van der Waals surface area contributed by atoms with Crippen LogP contribution in [0.2, 0.25) is 0 Å². The van der Waals surface area contributed by atoms with E-state index in [1.165, 1.54) is 24.2 Å². The highest BCUT2D eigenvalue weighted by Crippen LogP contribution is 2.20. The van der Waals surface area contributed by atoms with Crippen LogP contribution in [-0.2, 0) is 4.74 Å². The van der Waals surface area contributed by atoms with Gasteiger partial charge < -0.3 is 14.6 Å². The van der Waals surface area contributed by atoms with Crippen LogP contribution >= 0.6 is 0 Å². The maximum absolute atomic E-state index is 12.8. The molecule has 1 aromatic heterocycles. The van der Waals surface area contributed by atoms with Crippen molar-refractivity contribution in [3.8, 4) is 0 Å². The lowest BCUT2D eigenvalue weighted by molar-refractivity contribution is -0.918. The van der Waals surface area contributed by atoms with Crippen LogP contribution in [0, 0.1) is 13.8 Å². The number of hydrogen-bond acceptors (Lipinski definition) is 3. The Bertz CT molecular complexity index is 556. The first-order valence-corrected chi connectivity index (χ1v) is 8.22. The molecule has 5 heteroatoms. The molecule has 2 N–H and O–H groups in total. The molecule has 1 aliphatic rings. The Kier molecular flexibility index (Phi) is 5.40. The minimum atomic E-state index is -0.356. The average molecular weight is 307 g/mol. The summed E-state index contributed by atoms with van der Waals surface area (Å²) in [7, 11) is 0. The molecule has 0 aliphatic carbocycles. The number of quaternary nitrogens is 1. The molecule has 0 aromatic carbocycles. The normalized spacial score (nSPS) is 17.3. The van der Waals surface area contributed by atoms with Crippen LogP contribution in [0.4, 0.5) is 0 Å². The van der Waals surface area contributed by atoms with E-state index in [0.717, 1.165) is 13.1 Å². The highest BCUT2D eigenvalue weighted by molar-refractivity contribution is 6.03. The Morgan fingerprint density at radius 2 is 1.86 bits per heavy atom. The van der Waals surface area contributed by atoms with Crippen LogP contribution in [0.1, 0.15) is 65.2 Å². The van der Waals surface area contributed by atoms with Gasteiger partial charge in [0.1, 0.15) is 6.04 Å². The zero-order valence-electron chi connectivity index (χ0n) is 14.0. The number of ether oxygens (including phenoxy) is 1. The van der Waals surface area contributed by atoms with E-state index >= 15 is 0 Å². The van der Waals surface area contributed by atoms with Crippen LogP contribution in [0.25, 0.3) is 0 Å². The van der Waals surface area contributed by atoms with Gasteiger partial charge in [0.2, 0.25) is 5.78 Å². The number of nitrogens with one attached hydrogen (secondary N) is 2. The molecule has 1 fully saturated rings. The Hall–Kier alpha value is -1.62. The van der Waals surface area contributed by atoms with Gasteiger partial charge in [-0.25, -0.2) is 4.79 Å². The molecule has 0 amide bonds. The quantitative estimate of drug-likeness (QED) is 0.639. The summed E-state index contributed by atoms with van der Waals surface area (Å²) in [6.07, 6.45) is 3.63. The van der Waals surface area contributed by atoms with Gasteiger partial charge in [-0.05, 0) is 52.5 Å². The third-order valence-electron chi connectivity index (χ3n) is 4.66. The summed E-state index contributed by atoms with van der Waals surface area (Å²) < 4.78 is 5.08. The Morgan fingerprint density at radius 3 is 2.45 bits per heavy atom. The lowest BCUT2D eigenvalue weighted by atomic mass is 10.0. The van der Waals surface area contributed by atoms with Crippen molar-refractivity contribution in [1.82, 2.24) is 4.98 Å². The van der Waals surface area contributed by atoms with E-state index < -0.39 is 0 Å². The molecular formula is C17H27N2O3+. The summed E-state index contributed by atoms with van der Waals surface area (Å²) in [5, 5.41) is 0. The van der Waals surface area contributed by atoms with Gasteiger partial charge in [0.15, 0.2) is 0 Å². The molecule has 0 unspecified atom stereocenters. The van der Waals surface area contributed by atoms with Crippen molar-refractivity contribution in [1.29, 1.82) is 0 Å². The predicted molar refractivity (Wildman–Crippen MR) is 84.6 cm³/mol. The number of likely N-dealkylation sites (tertiary alicyclic amines) is 1. The Labute approximate surface area is 132 Å². The van der Waals surface area contributed by atoms with Crippen molar-refractivity contribution in [2.45, 2.75) is 53.0 Å². The van der Waals surface area contributed by atoms with E-state index in [2.05, 4.69) is 4.98 Å². The van der Waals surface area contributed by atoms with Crippen LogP contribution in [0.5, 0.6) is 0 Å². The third-order valence-corrected chi connectivity index (χ3v) is 4.66. The first-order chi connectivity index (χ1) is 10.5. The number of hydrogen-bond donors (Lipinski definition) is 2. The molecule has 1 saturated heterocycles. The third kappa shape index (κ3) is 3.24. The molecule has 2 heterocycles. The van der Waals surface area contributed by atoms with E-state index in [1.54, 1.807) is 6.92 Å². The van der Waals surface area contributed by atoms with Gasteiger partial charge in [-0.2, -0.15) is 0 Å². The fourth-order valence-electron chi connectivity index (χ4n) is 3.35. The molecular weight excluding hydrogens is 280 g/mol. The number of H-pyrrole nitrogens is 1. The first-order valence-electron chi connectivity index (χ1n) is 8.22. The summed E-state index contributed by atoms with van der Waals surface area (Å²) >= 11 is 0. The van der Waals surface area contributed by atoms with Crippen molar-refractivity contribution in [3.63, 3.8) is 0 Å². The lowest BCUT2D eigenvalue weighted by Crippen LogP contribution is -3.17. The number of aryl methyl sites for hydroxylation is 1. The van der Waals surface area contributed by atoms with E-state index in [9.17, 15) is 9.59 Å². The van der Waals surface area contributed by atoms with Crippen molar-refractivity contribution >= 4 is 11.8 Å². The summed E-state index contributed by atoms with van der Waals surface area (Å²) in [5.74, 6) is -0.265. The van der Waals surface area contributed by atoms with Gasteiger partial charge in [-0.15, -0.1) is 0 Å². The summed E-state index contributed by atoms with van der Waals surface area (Å²) in [6, 6.07) is -0.0768. The van der Waals surface area contributed by atoms with Crippen LogP contribution in [-0.4, -0.2) is 42.5 Å². The fourth-order valence-corrected chi connectivity index (χ4v) is 3.35. The maximum Gasteiger partial charge on any atom is 0.340 e. The molecule has 0 radical (unpaired) electrons. The monoisotopic (exact) mass is 307 g/mol. The van der Waals surface area contributed by atoms with Crippen LogP contribution in [0.15, 0.2) is 0 Å². The highest BCUT2D eigenvalue weighted by Gasteiger charge is 2.31. The molecule has 22 heavy (non-hydrogen) atoms. The van der Waals surface area contributed by atoms with Crippen LogP contribution < -0.4 is 4.90 Å². The standard InChI is InChI=1S/C17H26N2O3/c1-5-22-17(21)14-11(2)15(18-12(14)3)16(20)13(4)19-9-7-6-8-10-19/h13,18H,5-10H2,1-4H3/p+1/t13-/m1/s1. The minimum Gasteiger partial charge on any atom is -0.462 e. The summed E-state index contributed by atoms with van der Waals surface area (Å²) in [6.45, 7) is 9.84. The van der Waals surface area contributed by atoms with Gasteiger partial charge >= 0.3 is 5.97 Å². The van der Waals surface area contributed by atoms with E-state index in [4.69, 9.17) is 4.74 Å². The smallest absolute Gasteiger partial charge is 0.340 e. The number of rotatable bonds is 5. The molecule has 0 saturated carbocycles. The van der Waals surface area contributed by atoms with Crippen LogP contribution in [0.3, 0.4) is 0 Å². The fraction of sp³-hybridized carbons (Fsp3) is 0.647. The molecule has 5 nitrogen and oxygen atoms in total. The number of ketones is 1. The number of aromatic amines is 1. The SMILES string of the molecule is CCOC(=O)c1c(C)[nH]c(C(=O)[C@@H](C)[NH+]2CCCCC2)c1C. The van der Waals surface area contributed by atoms with Crippen molar-refractivity contribution in [2.75, 3.05) is 19.7 Å². The molecule has 0 bridgehead atoms. The topological polar surface area (TPSA) is 63.6 Å². The molecule has 1 atom stereocenters. The number of esters is 1. The average Bonchev–Trinajstić information content (AvgIpc) is 2.81. The molecule has 1 aromatic rings. The Balaban J connectivity index is 2.23. The van der Waals surface area contributed by atoms with Gasteiger partial charge in [0.25, 0.3) is 0 Å². The zero-order valence-corrected chi connectivity index (χ0v) is 14.0. The van der Waals surface area contributed by atoms with Gasteiger partial charge in [0.05, 0.1) is 31.0 Å². The molecule has 0 spiro atoms. The largest absolute Gasteiger partial charge is 0.462 e. The lowest BCUT2D eigenvalue weighted by Gasteiger charge is -2.28. The van der Waals surface area contributed by atoms with Gasteiger partial charge in [-0.1, -0.05) is 0 Å². The second kappa shape index (κ2) is 7.09. The highest BCUT2D eigenvalue weighted by atomic mass is 16.5. The second-order valence-corrected chi connectivity index (χ2v) is 6.15. The molecule has 1 aliphatic heterocycles. The zero-order chi connectivity index (χ0) is 16.3. The number of aromatic nitrogens is 1. The molecule has 2 rings (SSSR count). The number of piperidine rings is 1. The van der Waals surface area contributed by atoms with E-state index in [1.807, 2.05) is 20.8 Å². The molecule has 122 valence electrons. The summed E-state index contributed by atoms with van der Waals surface area (Å²) in [5.41, 5.74) is 2.49. The van der Waals surface area contributed by atoms with Crippen molar-refractivity contribution < 1.29 is 19.2 Å². The van der Waals surface area contributed by atoms with E-state index in [0.29, 0.717) is 29.1 Å². The van der Waals surface area contributed by atoms with Gasteiger partial charge in [-0.3, -0.25) is 4.79 Å². The Morgan fingerprint density at radius 1 is 1.23 bits per heavy atom. The minimum absolute atomic E-state index is 0.0768. The first kappa shape index (κ1) is 16.7. The number of carbonyl (C=O) groups excluding carboxylic acids is 2. The number of carbonyl (C=O) groups is 2. The maximum atomic E-state index is 12.8. The van der Waals surface area contributed by atoms with E-state index in [-0.39, 0.29) is 17.8 Å². The van der Waals surface area contributed by atoms with Crippen molar-refractivity contribution in [3.05, 3.63) is 22.5 Å². The number of Topliss-reactive ketones (excluding diaryl/α,β-unsaturated/α-hetero) is 1. The summed E-state index contributed by atoms with van der Waals surface area (Å²) in [4.78, 5) is 29.3. The predicted octanol–water partition coefficient (Wildman–Crippen LogP) is 1.45.